The molecule has 0 unspecified atom stereocenters. The molecule has 0 aliphatic heterocycles. The normalized spacial score (nSPS) is 11.4. The summed E-state index contributed by atoms with van der Waals surface area (Å²) in [6, 6.07) is 25.5. The molecule has 0 aliphatic carbocycles. The molecule has 0 fully saturated rings. The molecule has 126 valence electrons. The molecule has 0 heterocycles. The highest BCUT2D eigenvalue weighted by Crippen LogP contribution is 2.28. The van der Waals surface area contributed by atoms with E-state index in [0.29, 0.717) is 6.42 Å². The van der Waals surface area contributed by atoms with Gasteiger partial charge in [0.05, 0.1) is 0 Å². The Morgan fingerprint density at radius 1 is 0.880 bits per heavy atom. The van der Waals surface area contributed by atoms with E-state index in [0.717, 1.165) is 22.4 Å². The Bertz CT molecular complexity index is 852. The zero-order valence-corrected chi connectivity index (χ0v) is 14.6. The number of hydrogen-bond acceptors (Lipinski definition) is 1. The number of rotatable bonds is 5. The fourth-order valence-electron chi connectivity index (χ4n) is 2.98. The maximum atomic E-state index is 13.9. The van der Waals surface area contributed by atoms with Crippen LogP contribution in [0.2, 0.25) is 0 Å². The molecule has 3 aromatic carbocycles. The second kappa shape index (κ2) is 7.80. The van der Waals surface area contributed by atoms with Crippen molar-refractivity contribution in [2.45, 2.75) is 6.42 Å². The minimum Gasteiger partial charge on any atom is -0.377 e. The topological polar surface area (TPSA) is 3.24 Å². The van der Waals surface area contributed by atoms with Gasteiger partial charge in [0.15, 0.2) is 0 Å². The molecule has 0 atom stereocenters. The molecule has 2 heteroatoms. The van der Waals surface area contributed by atoms with Gasteiger partial charge in [-0.05, 0) is 40.5 Å². The summed E-state index contributed by atoms with van der Waals surface area (Å²) in [6.07, 6.45) is 2.85. The fourth-order valence-corrected chi connectivity index (χ4v) is 2.98. The molecule has 0 amide bonds. The maximum Gasteiger partial charge on any atom is 0.123 e. The predicted octanol–water partition coefficient (Wildman–Crippen LogP) is 5.68. The summed E-state index contributed by atoms with van der Waals surface area (Å²) in [4.78, 5) is 2.03. The van der Waals surface area contributed by atoms with Gasteiger partial charge in [-0.2, -0.15) is 0 Å². The van der Waals surface area contributed by atoms with Crippen molar-refractivity contribution in [2.75, 3.05) is 19.0 Å². The first-order valence-corrected chi connectivity index (χ1v) is 8.40. The minimum atomic E-state index is -0.201. The number of benzene rings is 3. The number of hydrogen-bond donors (Lipinski definition) is 0. The molecule has 0 saturated heterocycles. The second-order valence-corrected chi connectivity index (χ2v) is 6.29. The van der Waals surface area contributed by atoms with Gasteiger partial charge >= 0.3 is 0 Å². The van der Waals surface area contributed by atoms with Gasteiger partial charge in [-0.25, -0.2) is 4.39 Å². The van der Waals surface area contributed by atoms with Gasteiger partial charge in [0, 0.05) is 26.2 Å². The van der Waals surface area contributed by atoms with E-state index in [4.69, 9.17) is 0 Å². The molecule has 0 N–H and O–H groups in total. The minimum absolute atomic E-state index is 0.201. The van der Waals surface area contributed by atoms with Crippen LogP contribution in [0.25, 0.3) is 11.6 Å². The van der Waals surface area contributed by atoms with Crippen LogP contribution in [0.15, 0.2) is 78.9 Å². The smallest absolute Gasteiger partial charge is 0.123 e. The lowest BCUT2D eigenvalue weighted by atomic mass is 9.95. The quantitative estimate of drug-likeness (QED) is 0.544. The van der Waals surface area contributed by atoms with Crippen LogP contribution in [-0.2, 0) is 6.42 Å². The third kappa shape index (κ3) is 4.36. The Hall–Kier alpha value is -2.87. The van der Waals surface area contributed by atoms with Gasteiger partial charge in [-0.3, -0.25) is 0 Å². The first kappa shape index (κ1) is 17.0. The molecule has 3 aromatic rings. The first-order chi connectivity index (χ1) is 12.1. The average molecular weight is 331 g/mol. The Morgan fingerprint density at radius 3 is 2.16 bits per heavy atom. The van der Waals surface area contributed by atoms with Crippen LogP contribution in [0.1, 0.15) is 16.7 Å². The molecule has 0 spiro atoms. The zero-order valence-electron chi connectivity index (χ0n) is 14.6. The molecule has 1 nitrogen and oxygen atoms in total. The molecule has 25 heavy (non-hydrogen) atoms. The van der Waals surface area contributed by atoms with Gasteiger partial charge in [0.25, 0.3) is 0 Å². The molecule has 0 aliphatic rings. The summed E-state index contributed by atoms with van der Waals surface area (Å²) < 4.78 is 13.9. The highest BCUT2D eigenvalue weighted by Gasteiger charge is 2.10. The van der Waals surface area contributed by atoms with Crippen LogP contribution in [0.5, 0.6) is 0 Å². The summed E-state index contributed by atoms with van der Waals surface area (Å²) in [5.41, 5.74) is 5.48. The van der Waals surface area contributed by atoms with E-state index in [9.17, 15) is 4.39 Å². The predicted molar refractivity (Wildman–Crippen MR) is 105 cm³/mol. The van der Waals surface area contributed by atoms with Crippen molar-refractivity contribution >= 4 is 17.3 Å². The Kier molecular flexibility index (Phi) is 5.30. The molecule has 0 aromatic heterocycles. The number of anilines is 1. The monoisotopic (exact) mass is 331 g/mol. The highest BCUT2D eigenvalue weighted by atomic mass is 19.1. The number of allylic oxidation sites excluding steroid dienone is 1. The number of nitrogens with zero attached hydrogens (tertiary/aromatic N) is 1. The SMILES string of the molecule is CN(C)c1ccc(F)cc1C/C(=C/c1ccccc1)c1ccccc1. The van der Waals surface area contributed by atoms with Crippen LogP contribution in [0, 0.1) is 5.82 Å². The van der Waals surface area contributed by atoms with Gasteiger partial charge < -0.3 is 4.90 Å². The van der Waals surface area contributed by atoms with E-state index in [-0.39, 0.29) is 5.82 Å². The standard InChI is InChI=1S/C23H22FN/c1-25(2)23-14-13-22(24)17-21(23)16-20(19-11-7-4-8-12-19)15-18-9-5-3-6-10-18/h3-15,17H,16H2,1-2H3/b20-15-. The summed E-state index contributed by atoms with van der Waals surface area (Å²) in [5.74, 6) is -0.201. The molecule has 0 bridgehead atoms. The van der Waals surface area contributed by atoms with Crippen molar-refractivity contribution < 1.29 is 4.39 Å². The third-order valence-corrected chi connectivity index (χ3v) is 4.19. The first-order valence-electron chi connectivity index (χ1n) is 8.40. The lowest BCUT2D eigenvalue weighted by Gasteiger charge is -2.19. The van der Waals surface area contributed by atoms with E-state index >= 15 is 0 Å². The molecular formula is C23H22FN. The summed E-state index contributed by atoms with van der Waals surface area (Å²) >= 11 is 0. The van der Waals surface area contributed by atoms with Crippen molar-refractivity contribution in [1.82, 2.24) is 0 Å². The van der Waals surface area contributed by atoms with Crippen molar-refractivity contribution in [3.63, 3.8) is 0 Å². The molecule has 0 radical (unpaired) electrons. The summed E-state index contributed by atoms with van der Waals surface area (Å²) in [7, 11) is 3.97. The van der Waals surface area contributed by atoms with Gasteiger partial charge in [0.1, 0.15) is 5.82 Å². The Morgan fingerprint density at radius 2 is 1.52 bits per heavy atom. The van der Waals surface area contributed by atoms with Crippen molar-refractivity contribution in [3.05, 3.63) is 101 Å². The Labute approximate surface area is 149 Å². The molecule has 0 saturated carbocycles. The second-order valence-electron chi connectivity index (χ2n) is 6.29. The lowest BCUT2D eigenvalue weighted by Crippen LogP contribution is -2.11. The maximum absolute atomic E-state index is 13.9. The van der Waals surface area contributed by atoms with E-state index < -0.39 is 0 Å². The largest absolute Gasteiger partial charge is 0.377 e. The third-order valence-electron chi connectivity index (χ3n) is 4.19. The van der Waals surface area contributed by atoms with Crippen molar-refractivity contribution in [2.24, 2.45) is 0 Å². The van der Waals surface area contributed by atoms with Crippen molar-refractivity contribution in [1.29, 1.82) is 0 Å². The van der Waals surface area contributed by atoms with Gasteiger partial charge in [-0.15, -0.1) is 0 Å². The average Bonchev–Trinajstić information content (AvgIpc) is 2.62. The molecule has 3 rings (SSSR count). The highest BCUT2D eigenvalue weighted by molar-refractivity contribution is 5.83. The summed E-state index contributed by atoms with van der Waals surface area (Å²) in [5, 5.41) is 0. The lowest BCUT2D eigenvalue weighted by molar-refractivity contribution is 0.626. The van der Waals surface area contributed by atoms with Gasteiger partial charge in [-0.1, -0.05) is 66.7 Å². The molecular weight excluding hydrogens is 309 g/mol. The van der Waals surface area contributed by atoms with Crippen LogP contribution in [0.3, 0.4) is 0 Å². The van der Waals surface area contributed by atoms with E-state index in [1.54, 1.807) is 6.07 Å². The van der Waals surface area contributed by atoms with Crippen LogP contribution < -0.4 is 4.90 Å². The zero-order chi connectivity index (χ0) is 17.6. The Balaban J connectivity index is 2.05. The van der Waals surface area contributed by atoms with Crippen LogP contribution >= 0.6 is 0 Å². The van der Waals surface area contributed by atoms with E-state index in [1.807, 2.05) is 61.5 Å². The van der Waals surface area contributed by atoms with Gasteiger partial charge in [0.2, 0.25) is 0 Å². The number of halogens is 1. The van der Waals surface area contributed by atoms with Crippen molar-refractivity contribution in [3.8, 4) is 0 Å². The van der Waals surface area contributed by atoms with Crippen LogP contribution in [0.4, 0.5) is 10.1 Å². The van der Waals surface area contributed by atoms with E-state index in [1.165, 1.54) is 11.6 Å². The van der Waals surface area contributed by atoms with Crippen LogP contribution in [-0.4, -0.2) is 14.1 Å². The fraction of sp³-hybridized carbons (Fsp3) is 0.130. The van der Waals surface area contributed by atoms with E-state index in [2.05, 4.69) is 30.3 Å². The summed E-state index contributed by atoms with van der Waals surface area (Å²) in [6.45, 7) is 0.